The highest BCUT2D eigenvalue weighted by atomic mass is 15.3. The third-order valence-electron chi connectivity index (χ3n) is 3.91. The van der Waals surface area contributed by atoms with Crippen molar-refractivity contribution in [2.24, 2.45) is 11.8 Å². The first-order valence-corrected chi connectivity index (χ1v) is 7.99. The first-order valence-electron chi connectivity index (χ1n) is 7.99. The summed E-state index contributed by atoms with van der Waals surface area (Å²) >= 11 is 0. The molecule has 6 heteroatoms. The molecule has 2 unspecified atom stereocenters. The molecule has 2 atom stereocenters. The van der Waals surface area contributed by atoms with Crippen LogP contribution >= 0.6 is 0 Å². The van der Waals surface area contributed by atoms with Gasteiger partial charge in [-0.3, -0.25) is 0 Å². The minimum absolute atomic E-state index is 0.651. The van der Waals surface area contributed by atoms with Gasteiger partial charge in [-0.2, -0.15) is 15.0 Å². The van der Waals surface area contributed by atoms with Crippen LogP contribution in [0.3, 0.4) is 0 Å². The summed E-state index contributed by atoms with van der Waals surface area (Å²) in [7, 11) is 3.89. The molecule has 0 radical (unpaired) electrons. The van der Waals surface area contributed by atoms with Crippen molar-refractivity contribution in [3.8, 4) is 0 Å². The van der Waals surface area contributed by atoms with Crippen LogP contribution in [0.25, 0.3) is 0 Å². The fourth-order valence-electron chi connectivity index (χ4n) is 2.71. The third kappa shape index (κ3) is 4.72. The first-order chi connectivity index (χ1) is 10.1. The number of hydrogen-bond donors (Lipinski definition) is 2. The van der Waals surface area contributed by atoms with Crippen molar-refractivity contribution in [3.05, 3.63) is 0 Å². The Morgan fingerprint density at radius 1 is 1.10 bits per heavy atom. The Morgan fingerprint density at radius 3 is 2.38 bits per heavy atom. The second kappa shape index (κ2) is 7.43. The van der Waals surface area contributed by atoms with Crippen LogP contribution in [-0.4, -0.2) is 42.1 Å². The molecule has 1 aromatic rings. The molecule has 0 aromatic carbocycles. The Hall–Kier alpha value is -1.59. The standard InChI is InChI=1S/C15H28N6/c1-5-8-16-13-18-14(20-15(19-13)21(3)4)17-10-12-7-6-11(2)9-12/h11-12H,5-10H2,1-4H3,(H2,16,17,18,19,20). The van der Waals surface area contributed by atoms with E-state index in [2.05, 4.69) is 39.4 Å². The Balaban J connectivity index is 2.01. The molecule has 0 bridgehead atoms. The summed E-state index contributed by atoms with van der Waals surface area (Å²) in [5.74, 6) is 3.61. The lowest BCUT2D eigenvalue weighted by molar-refractivity contribution is 0.536. The summed E-state index contributed by atoms with van der Waals surface area (Å²) in [6, 6.07) is 0. The normalized spacial score (nSPS) is 21.3. The number of aromatic nitrogens is 3. The maximum absolute atomic E-state index is 4.47. The molecule has 1 aliphatic rings. The smallest absolute Gasteiger partial charge is 0.231 e. The van der Waals surface area contributed by atoms with Gasteiger partial charge in [0.1, 0.15) is 0 Å². The summed E-state index contributed by atoms with van der Waals surface area (Å²) in [5.41, 5.74) is 0. The van der Waals surface area contributed by atoms with Gasteiger partial charge in [0.2, 0.25) is 17.8 Å². The Labute approximate surface area is 127 Å². The van der Waals surface area contributed by atoms with Gasteiger partial charge >= 0.3 is 0 Å². The largest absolute Gasteiger partial charge is 0.354 e. The second-order valence-corrected chi connectivity index (χ2v) is 6.27. The first kappa shape index (κ1) is 15.8. The van der Waals surface area contributed by atoms with Crippen molar-refractivity contribution in [1.29, 1.82) is 0 Å². The second-order valence-electron chi connectivity index (χ2n) is 6.27. The molecule has 1 aromatic heterocycles. The molecule has 0 aliphatic heterocycles. The summed E-state index contributed by atoms with van der Waals surface area (Å²) in [6.07, 6.45) is 5.00. The molecule has 0 amide bonds. The molecule has 2 N–H and O–H groups in total. The molecule has 1 fully saturated rings. The van der Waals surface area contributed by atoms with E-state index in [-0.39, 0.29) is 0 Å². The lowest BCUT2D eigenvalue weighted by atomic mass is 10.1. The molecule has 21 heavy (non-hydrogen) atoms. The van der Waals surface area contributed by atoms with Gasteiger partial charge in [0.25, 0.3) is 0 Å². The lowest BCUT2D eigenvalue weighted by Gasteiger charge is -2.15. The number of nitrogens with one attached hydrogen (secondary N) is 2. The van der Waals surface area contributed by atoms with Gasteiger partial charge in [0.05, 0.1) is 0 Å². The van der Waals surface area contributed by atoms with Gasteiger partial charge in [-0.1, -0.05) is 20.3 Å². The van der Waals surface area contributed by atoms with Gasteiger partial charge in [0, 0.05) is 27.2 Å². The van der Waals surface area contributed by atoms with E-state index in [1.165, 1.54) is 19.3 Å². The fourth-order valence-corrected chi connectivity index (χ4v) is 2.71. The van der Waals surface area contributed by atoms with Crippen LogP contribution in [0.4, 0.5) is 17.8 Å². The predicted octanol–water partition coefficient (Wildman–Crippen LogP) is 2.61. The molecule has 0 spiro atoms. The van der Waals surface area contributed by atoms with E-state index in [9.17, 15) is 0 Å². The summed E-state index contributed by atoms with van der Waals surface area (Å²) in [4.78, 5) is 15.3. The molecule has 2 rings (SSSR count). The minimum atomic E-state index is 0.651. The molecule has 118 valence electrons. The van der Waals surface area contributed by atoms with Crippen LogP contribution in [0.2, 0.25) is 0 Å². The quantitative estimate of drug-likeness (QED) is 0.805. The SMILES string of the molecule is CCCNc1nc(NCC2CCC(C)C2)nc(N(C)C)n1. The number of hydrogen-bond acceptors (Lipinski definition) is 6. The summed E-state index contributed by atoms with van der Waals surface area (Å²) in [6.45, 7) is 6.28. The van der Waals surface area contributed by atoms with Crippen molar-refractivity contribution < 1.29 is 0 Å². The van der Waals surface area contributed by atoms with Crippen LogP contribution in [-0.2, 0) is 0 Å². The number of rotatable bonds is 7. The zero-order valence-corrected chi connectivity index (χ0v) is 13.7. The van der Waals surface area contributed by atoms with E-state index in [4.69, 9.17) is 0 Å². The van der Waals surface area contributed by atoms with Gasteiger partial charge in [-0.15, -0.1) is 0 Å². The molecule has 1 aliphatic carbocycles. The van der Waals surface area contributed by atoms with Crippen LogP contribution < -0.4 is 15.5 Å². The van der Waals surface area contributed by atoms with E-state index in [1.54, 1.807) is 0 Å². The molecule has 1 heterocycles. The average molecular weight is 292 g/mol. The maximum Gasteiger partial charge on any atom is 0.231 e. The molecule has 0 saturated heterocycles. The van der Waals surface area contributed by atoms with E-state index >= 15 is 0 Å². The van der Waals surface area contributed by atoms with Crippen LogP contribution in [0.5, 0.6) is 0 Å². The van der Waals surface area contributed by atoms with Crippen molar-refractivity contribution in [3.63, 3.8) is 0 Å². The zero-order chi connectivity index (χ0) is 15.2. The Kier molecular flexibility index (Phi) is 5.59. The minimum Gasteiger partial charge on any atom is -0.354 e. The van der Waals surface area contributed by atoms with E-state index in [0.717, 1.165) is 31.3 Å². The highest BCUT2D eigenvalue weighted by molar-refractivity contribution is 5.42. The van der Waals surface area contributed by atoms with Gasteiger partial charge in [-0.25, -0.2) is 0 Å². The molecular formula is C15H28N6. The van der Waals surface area contributed by atoms with Crippen molar-refractivity contribution in [1.82, 2.24) is 15.0 Å². The highest BCUT2D eigenvalue weighted by Gasteiger charge is 2.21. The number of anilines is 3. The highest BCUT2D eigenvalue weighted by Crippen LogP contribution is 2.30. The fraction of sp³-hybridized carbons (Fsp3) is 0.800. The zero-order valence-electron chi connectivity index (χ0n) is 13.7. The van der Waals surface area contributed by atoms with Crippen LogP contribution in [0.15, 0.2) is 0 Å². The summed E-state index contributed by atoms with van der Waals surface area (Å²) < 4.78 is 0. The van der Waals surface area contributed by atoms with Crippen LogP contribution in [0.1, 0.15) is 39.5 Å². The van der Waals surface area contributed by atoms with E-state index in [0.29, 0.717) is 17.8 Å². The Morgan fingerprint density at radius 2 is 1.81 bits per heavy atom. The molecule has 6 nitrogen and oxygen atoms in total. The lowest BCUT2D eigenvalue weighted by Crippen LogP contribution is -2.19. The summed E-state index contributed by atoms with van der Waals surface area (Å²) in [5, 5.41) is 6.63. The topological polar surface area (TPSA) is 66.0 Å². The van der Waals surface area contributed by atoms with Gasteiger partial charge in [-0.05, 0) is 31.1 Å². The van der Waals surface area contributed by atoms with Gasteiger partial charge < -0.3 is 15.5 Å². The molecular weight excluding hydrogens is 264 g/mol. The Bertz CT molecular complexity index is 448. The van der Waals surface area contributed by atoms with E-state index in [1.807, 2.05) is 19.0 Å². The van der Waals surface area contributed by atoms with E-state index < -0.39 is 0 Å². The third-order valence-corrected chi connectivity index (χ3v) is 3.91. The van der Waals surface area contributed by atoms with Crippen molar-refractivity contribution in [2.75, 3.05) is 42.7 Å². The average Bonchev–Trinajstić information content (AvgIpc) is 2.88. The predicted molar refractivity (Wildman–Crippen MR) is 87.9 cm³/mol. The maximum atomic E-state index is 4.47. The van der Waals surface area contributed by atoms with Crippen LogP contribution in [0, 0.1) is 11.8 Å². The van der Waals surface area contributed by atoms with Crippen molar-refractivity contribution >= 4 is 17.8 Å². The molecule has 1 saturated carbocycles. The van der Waals surface area contributed by atoms with Gasteiger partial charge in [0.15, 0.2) is 0 Å². The number of nitrogens with zero attached hydrogens (tertiary/aromatic N) is 4. The van der Waals surface area contributed by atoms with Crippen molar-refractivity contribution in [2.45, 2.75) is 39.5 Å². The monoisotopic (exact) mass is 292 g/mol.